The van der Waals surface area contributed by atoms with Crippen molar-refractivity contribution >= 4 is 43.1 Å². The first-order valence-corrected chi connectivity index (χ1v) is 13.0. The molecule has 2 N–H and O–H groups in total. The van der Waals surface area contributed by atoms with Crippen LogP contribution in [0.5, 0.6) is 11.5 Å². The van der Waals surface area contributed by atoms with E-state index in [1.807, 2.05) is 60.7 Å². The van der Waals surface area contributed by atoms with Gasteiger partial charge >= 0.3 is 0 Å². The van der Waals surface area contributed by atoms with Gasteiger partial charge in [0.2, 0.25) is 0 Å². The molecule has 6 heteroatoms. The fraction of sp³-hybridized carbons (Fsp3) is 0.103. The summed E-state index contributed by atoms with van der Waals surface area (Å²) in [5.41, 5.74) is 7.13. The Kier molecular flexibility index (Phi) is 4.20. The Balaban J connectivity index is 1.40. The lowest BCUT2D eigenvalue weighted by Crippen LogP contribution is -2.15. The molecule has 6 aromatic rings. The third-order valence-corrected chi connectivity index (χ3v) is 9.10. The zero-order valence-electron chi connectivity index (χ0n) is 19.0. The largest absolute Gasteiger partial charge is 0.507 e. The fourth-order valence-electron chi connectivity index (χ4n) is 5.12. The summed E-state index contributed by atoms with van der Waals surface area (Å²) in [5, 5.41) is 23.7. The Labute approximate surface area is 209 Å². The molecule has 1 aliphatic rings. The average molecular weight is 493 g/mol. The van der Waals surface area contributed by atoms with Crippen LogP contribution in [-0.2, 0) is 5.41 Å². The maximum Gasteiger partial charge on any atom is 0.128 e. The Bertz CT molecular complexity index is 1620. The molecule has 4 aromatic carbocycles. The summed E-state index contributed by atoms with van der Waals surface area (Å²) in [5.74, 6) is 0.391. The summed E-state index contributed by atoms with van der Waals surface area (Å²) in [4.78, 5) is 9.53. The molecule has 2 heterocycles. The van der Waals surface area contributed by atoms with Crippen LogP contribution < -0.4 is 0 Å². The van der Waals surface area contributed by atoms with Gasteiger partial charge in [0.1, 0.15) is 21.5 Å². The third-order valence-electron chi connectivity index (χ3n) is 6.96. The SMILES string of the molecule is CC1(C)c2cc(-c3nc4ccccc4s3)c(O)cc2-c2cc(O)c(-c3nc4ccccc4s3)cc21. The number of benzene rings is 4. The Hall–Kier alpha value is -3.74. The number of para-hydroxylation sites is 2. The molecule has 0 spiro atoms. The van der Waals surface area contributed by atoms with E-state index in [4.69, 9.17) is 9.97 Å². The van der Waals surface area contributed by atoms with Gasteiger partial charge < -0.3 is 10.2 Å². The lowest BCUT2D eigenvalue weighted by atomic mass is 9.81. The monoisotopic (exact) mass is 492 g/mol. The number of aromatic nitrogens is 2. The van der Waals surface area contributed by atoms with Crippen molar-refractivity contribution in [3.05, 3.63) is 83.9 Å². The number of hydrogen-bond acceptors (Lipinski definition) is 6. The standard InChI is InChI=1S/C29H20N2O2S2/c1-29(2)19-11-17(27-30-21-7-3-5-9-25(21)34-27)23(32)13-15(19)16-14-24(33)18(12-20(16)29)28-31-22-8-4-6-10-26(22)35-28/h3-14,32-33H,1-2H3. The van der Waals surface area contributed by atoms with Crippen LogP contribution in [0, 0.1) is 0 Å². The molecule has 35 heavy (non-hydrogen) atoms. The van der Waals surface area contributed by atoms with E-state index in [2.05, 4.69) is 26.0 Å². The summed E-state index contributed by atoms with van der Waals surface area (Å²) >= 11 is 3.16. The van der Waals surface area contributed by atoms with Crippen LogP contribution in [-0.4, -0.2) is 20.2 Å². The van der Waals surface area contributed by atoms with E-state index >= 15 is 0 Å². The number of thiazole rings is 2. The van der Waals surface area contributed by atoms with Crippen molar-refractivity contribution in [2.75, 3.05) is 0 Å². The molecule has 0 saturated carbocycles. The van der Waals surface area contributed by atoms with E-state index in [-0.39, 0.29) is 16.9 Å². The van der Waals surface area contributed by atoms with Gasteiger partial charge in [0.15, 0.2) is 0 Å². The van der Waals surface area contributed by atoms with Gasteiger partial charge in [-0.05, 0) is 70.8 Å². The van der Waals surface area contributed by atoms with Gasteiger partial charge in [0.25, 0.3) is 0 Å². The van der Waals surface area contributed by atoms with Gasteiger partial charge in [0.05, 0.1) is 31.6 Å². The lowest BCUT2D eigenvalue weighted by Gasteiger charge is -2.22. The lowest BCUT2D eigenvalue weighted by molar-refractivity contribution is 0.476. The zero-order valence-corrected chi connectivity index (χ0v) is 20.7. The number of aromatic hydroxyl groups is 2. The number of hydrogen-bond donors (Lipinski definition) is 2. The van der Waals surface area contributed by atoms with Crippen molar-refractivity contribution in [2.24, 2.45) is 0 Å². The van der Waals surface area contributed by atoms with Crippen molar-refractivity contribution in [2.45, 2.75) is 19.3 Å². The number of nitrogens with zero attached hydrogens (tertiary/aromatic N) is 2. The number of phenols is 2. The first-order valence-electron chi connectivity index (χ1n) is 11.4. The van der Waals surface area contributed by atoms with Crippen LogP contribution >= 0.6 is 22.7 Å². The van der Waals surface area contributed by atoms with Gasteiger partial charge in [-0.25, -0.2) is 9.97 Å². The molecule has 1 aliphatic carbocycles. The van der Waals surface area contributed by atoms with Crippen molar-refractivity contribution in [1.82, 2.24) is 9.97 Å². The first kappa shape index (κ1) is 20.6. The van der Waals surface area contributed by atoms with Crippen molar-refractivity contribution < 1.29 is 10.2 Å². The van der Waals surface area contributed by atoms with Gasteiger partial charge in [-0.15, -0.1) is 22.7 Å². The highest BCUT2D eigenvalue weighted by Crippen LogP contribution is 2.54. The fourth-order valence-corrected chi connectivity index (χ4v) is 7.10. The molecule has 2 aromatic heterocycles. The maximum atomic E-state index is 11.0. The topological polar surface area (TPSA) is 66.2 Å². The highest BCUT2D eigenvalue weighted by atomic mass is 32.1. The predicted molar refractivity (Wildman–Crippen MR) is 145 cm³/mol. The summed E-state index contributed by atoms with van der Waals surface area (Å²) in [6, 6.07) is 23.8. The summed E-state index contributed by atoms with van der Waals surface area (Å²) < 4.78 is 2.19. The van der Waals surface area contributed by atoms with E-state index in [9.17, 15) is 10.2 Å². The van der Waals surface area contributed by atoms with E-state index in [0.29, 0.717) is 0 Å². The normalized spacial score (nSPS) is 13.9. The highest BCUT2D eigenvalue weighted by Gasteiger charge is 2.38. The molecule has 4 nitrogen and oxygen atoms in total. The molecule has 0 bridgehead atoms. The van der Waals surface area contributed by atoms with E-state index in [1.54, 1.807) is 22.7 Å². The molecule has 170 valence electrons. The second-order valence-corrected chi connectivity index (χ2v) is 11.5. The molecule has 7 rings (SSSR count). The number of fused-ring (bicyclic) bond motifs is 5. The second kappa shape index (κ2) is 7.13. The minimum Gasteiger partial charge on any atom is -0.507 e. The van der Waals surface area contributed by atoms with Crippen molar-refractivity contribution in [1.29, 1.82) is 0 Å². The maximum absolute atomic E-state index is 11.0. The third kappa shape index (κ3) is 2.97. The van der Waals surface area contributed by atoms with Crippen LogP contribution in [0.3, 0.4) is 0 Å². The molecule has 0 atom stereocenters. The minimum absolute atomic E-state index is 0.196. The average Bonchev–Trinajstić information content (AvgIpc) is 3.51. The van der Waals surface area contributed by atoms with E-state index in [0.717, 1.165) is 63.8 Å². The molecular weight excluding hydrogens is 472 g/mol. The molecule has 0 radical (unpaired) electrons. The summed E-state index contributed by atoms with van der Waals surface area (Å²) in [6.45, 7) is 4.38. The molecule has 0 amide bonds. The highest BCUT2D eigenvalue weighted by molar-refractivity contribution is 7.22. The zero-order chi connectivity index (χ0) is 23.9. The quantitative estimate of drug-likeness (QED) is 0.257. The van der Waals surface area contributed by atoms with Gasteiger partial charge in [-0.1, -0.05) is 38.1 Å². The van der Waals surface area contributed by atoms with Crippen LogP contribution in [0.1, 0.15) is 25.0 Å². The van der Waals surface area contributed by atoms with E-state index in [1.165, 1.54) is 0 Å². The van der Waals surface area contributed by atoms with Crippen LogP contribution in [0.25, 0.3) is 52.7 Å². The van der Waals surface area contributed by atoms with Gasteiger partial charge in [0, 0.05) is 5.41 Å². The molecular formula is C29H20N2O2S2. The second-order valence-electron chi connectivity index (χ2n) is 9.43. The van der Waals surface area contributed by atoms with Crippen LogP contribution in [0.2, 0.25) is 0 Å². The van der Waals surface area contributed by atoms with E-state index < -0.39 is 0 Å². The number of phenolic OH excluding ortho intramolecular Hbond substituents is 2. The minimum atomic E-state index is -0.317. The van der Waals surface area contributed by atoms with Crippen molar-refractivity contribution in [3.63, 3.8) is 0 Å². The molecule has 0 unspecified atom stereocenters. The Morgan fingerprint density at radius 2 is 1.03 bits per heavy atom. The first-order chi connectivity index (χ1) is 16.9. The molecule has 0 saturated heterocycles. The molecule has 0 fully saturated rings. The van der Waals surface area contributed by atoms with Crippen LogP contribution in [0.4, 0.5) is 0 Å². The summed E-state index contributed by atoms with van der Waals surface area (Å²) in [6.07, 6.45) is 0. The van der Waals surface area contributed by atoms with Crippen LogP contribution in [0.15, 0.2) is 72.8 Å². The Morgan fingerprint density at radius 3 is 1.46 bits per heavy atom. The van der Waals surface area contributed by atoms with Gasteiger partial charge in [-0.2, -0.15) is 0 Å². The Morgan fingerprint density at radius 1 is 0.600 bits per heavy atom. The van der Waals surface area contributed by atoms with Gasteiger partial charge in [-0.3, -0.25) is 0 Å². The summed E-state index contributed by atoms with van der Waals surface area (Å²) in [7, 11) is 0. The van der Waals surface area contributed by atoms with Crippen molar-refractivity contribution in [3.8, 4) is 43.8 Å². The molecule has 0 aliphatic heterocycles. The predicted octanol–water partition coefficient (Wildman–Crippen LogP) is 7.96. The number of rotatable bonds is 2. The smallest absolute Gasteiger partial charge is 0.128 e.